The molecule has 0 fully saturated rings. The van der Waals surface area contributed by atoms with E-state index in [1.54, 1.807) is 0 Å². The predicted octanol–water partition coefficient (Wildman–Crippen LogP) is 1.49. The summed E-state index contributed by atoms with van der Waals surface area (Å²) in [6.07, 6.45) is 2.19. The van der Waals surface area contributed by atoms with Gasteiger partial charge in [-0.05, 0) is 30.5 Å². The molecule has 1 aromatic heterocycles. The lowest BCUT2D eigenvalue weighted by molar-refractivity contribution is -0.116. The Labute approximate surface area is 137 Å². The zero-order valence-corrected chi connectivity index (χ0v) is 13.1. The van der Waals surface area contributed by atoms with Gasteiger partial charge >= 0.3 is 0 Å². The van der Waals surface area contributed by atoms with E-state index in [0.29, 0.717) is 30.8 Å². The molecular formula is C15H17FN6O2. The van der Waals surface area contributed by atoms with E-state index in [-0.39, 0.29) is 11.5 Å². The number of tetrazole rings is 1. The fourth-order valence-electron chi connectivity index (χ4n) is 2.68. The molecule has 1 aliphatic rings. The van der Waals surface area contributed by atoms with Crippen LogP contribution in [0.25, 0.3) is 0 Å². The Morgan fingerprint density at radius 3 is 2.96 bits per heavy atom. The summed E-state index contributed by atoms with van der Waals surface area (Å²) < 4.78 is 14.3. The minimum absolute atomic E-state index is 0.0607. The van der Waals surface area contributed by atoms with Gasteiger partial charge in [0.25, 0.3) is 5.91 Å². The summed E-state index contributed by atoms with van der Waals surface area (Å²) in [6, 6.07) is 2.22. The average Bonchev–Trinajstić information content (AvgIpc) is 3.08. The van der Waals surface area contributed by atoms with Gasteiger partial charge in [-0.2, -0.15) is 5.21 Å². The monoisotopic (exact) mass is 332 g/mol. The number of hydrogen-bond acceptors (Lipinski definition) is 5. The van der Waals surface area contributed by atoms with Crippen LogP contribution in [0.1, 0.15) is 54.0 Å². The Balaban J connectivity index is 1.83. The summed E-state index contributed by atoms with van der Waals surface area (Å²) in [4.78, 5) is 23.8. The quantitative estimate of drug-likeness (QED) is 0.768. The van der Waals surface area contributed by atoms with Crippen molar-refractivity contribution in [1.29, 1.82) is 0 Å². The van der Waals surface area contributed by atoms with Crippen molar-refractivity contribution in [3.63, 3.8) is 0 Å². The van der Waals surface area contributed by atoms with E-state index in [0.717, 1.165) is 12.0 Å². The standard InChI is InChI=1S/C15H17FN6O2/c1-2-3-11(14-19-21-22-20-14)18-15(24)9-6-8-4-5-13(23)17-12(8)7-10(9)16/h6-7,11H,2-5H2,1H3,(H,17,23)(H,18,24)(H,19,20,21,22)/t11-/m1/s1. The van der Waals surface area contributed by atoms with Gasteiger partial charge in [0.15, 0.2) is 5.82 Å². The van der Waals surface area contributed by atoms with Crippen molar-refractivity contribution in [2.75, 3.05) is 5.32 Å². The van der Waals surface area contributed by atoms with Crippen LogP contribution in [-0.2, 0) is 11.2 Å². The molecule has 2 heterocycles. The van der Waals surface area contributed by atoms with E-state index in [1.165, 1.54) is 12.1 Å². The van der Waals surface area contributed by atoms with E-state index in [2.05, 4.69) is 31.3 Å². The first-order valence-electron chi connectivity index (χ1n) is 7.75. The number of hydrogen-bond donors (Lipinski definition) is 3. The number of fused-ring (bicyclic) bond motifs is 1. The summed E-state index contributed by atoms with van der Waals surface area (Å²) in [5, 5.41) is 18.9. The maximum Gasteiger partial charge on any atom is 0.254 e. The second-order valence-electron chi connectivity index (χ2n) is 5.62. The van der Waals surface area contributed by atoms with Gasteiger partial charge in [0.2, 0.25) is 5.91 Å². The Kier molecular flexibility index (Phi) is 4.50. The molecule has 3 N–H and O–H groups in total. The minimum atomic E-state index is -0.684. The molecule has 3 rings (SSSR count). The van der Waals surface area contributed by atoms with Gasteiger partial charge in [0.05, 0.1) is 11.6 Å². The molecule has 0 spiro atoms. The van der Waals surface area contributed by atoms with Gasteiger partial charge in [-0.3, -0.25) is 9.59 Å². The van der Waals surface area contributed by atoms with Crippen LogP contribution < -0.4 is 10.6 Å². The van der Waals surface area contributed by atoms with E-state index in [1.807, 2.05) is 6.92 Å². The van der Waals surface area contributed by atoms with Crippen LogP contribution in [0.5, 0.6) is 0 Å². The fourth-order valence-corrected chi connectivity index (χ4v) is 2.68. The van der Waals surface area contributed by atoms with Crippen LogP contribution in [0.3, 0.4) is 0 Å². The third kappa shape index (κ3) is 3.24. The van der Waals surface area contributed by atoms with Crippen molar-refractivity contribution < 1.29 is 14.0 Å². The molecular weight excluding hydrogens is 315 g/mol. The normalized spacial score (nSPS) is 14.7. The first-order valence-corrected chi connectivity index (χ1v) is 7.75. The summed E-state index contributed by atoms with van der Waals surface area (Å²) in [6.45, 7) is 1.96. The number of anilines is 1. The van der Waals surface area contributed by atoms with Crippen LogP contribution in [0.15, 0.2) is 12.1 Å². The largest absolute Gasteiger partial charge is 0.342 e. The molecule has 1 aromatic carbocycles. The highest BCUT2D eigenvalue weighted by Gasteiger charge is 2.23. The smallest absolute Gasteiger partial charge is 0.254 e. The highest BCUT2D eigenvalue weighted by Crippen LogP contribution is 2.26. The molecule has 0 saturated carbocycles. The topological polar surface area (TPSA) is 113 Å². The van der Waals surface area contributed by atoms with Gasteiger partial charge < -0.3 is 10.6 Å². The summed E-state index contributed by atoms with van der Waals surface area (Å²) in [7, 11) is 0. The lowest BCUT2D eigenvalue weighted by atomic mass is 9.99. The van der Waals surface area contributed by atoms with Crippen molar-refractivity contribution >= 4 is 17.5 Å². The number of H-pyrrole nitrogens is 1. The van der Waals surface area contributed by atoms with Crippen molar-refractivity contribution in [2.45, 2.75) is 38.6 Å². The van der Waals surface area contributed by atoms with E-state index >= 15 is 0 Å². The number of carbonyl (C=O) groups is 2. The molecule has 9 heteroatoms. The van der Waals surface area contributed by atoms with Crippen molar-refractivity contribution in [1.82, 2.24) is 25.9 Å². The molecule has 126 valence electrons. The van der Waals surface area contributed by atoms with Crippen molar-refractivity contribution in [3.05, 3.63) is 34.9 Å². The molecule has 24 heavy (non-hydrogen) atoms. The first-order chi connectivity index (χ1) is 11.6. The molecule has 0 unspecified atom stereocenters. The second-order valence-corrected chi connectivity index (χ2v) is 5.62. The predicted molar refractivity (Wildman–Crippen MR) is 82.6 cm³/mol. The Morgan fingerprint density at radius 1 is 1.42 bits per heavy atom. The van der Waals surface area contributed by atoms with Gasteiger partial charge in [-0.25, -0.2) is 4.39 Å². The number of nitrogens with one attached hydrogen (secondary N) is 3. The first kappa shape index (κ1) is 16.0. The molecule has 0 radical (unpaired) electrons. The number of aromatic nitrogens is 4. The maximum absolute atomic E-state index is 14.3. The van der Waals surface area contributed by atoms with Crippen LogP contribution in [-0.4, -0.2) is 32.4 Å². The number of carbonyl (C=O) groups excluding carboxylic acids is 2. The molecule has 0 saturated heterocycles. The lowest BCUT2D eigenvalue weighted by Gasteiger charge is -2.19. The van der Waals surface area contributed by atoms with Gasteiger partial charge in [0.1, 0.15) is 5.82 Å². The average molecular weight is 332 g/mol. The minimum Gasteiger partial charge on any atom is -0.342 e. The third-order valence-electron chi connectivity index (χ3n) is 3.89. The van der Waals surface area contributed by atoms with Crippen LogP contribution in [0.2, 0.25) is 0 Å². The van der Waals surface area contributed by atoms with Crippen LogP contribution in [0, 0.1) is 5.82 Å². The Morgan fingerprint density at radius 2 is 2.25 bits per heavy atom. The summed E-state index contributed by atoms with van der Waals surface area (Å²) in [5.41, 5.74) is 1.10. The molecule has 0 aliphatic carbocycles. The SMILES string of the molecule is CCC[C@@H](NC(=O)c1cc2c(cc1F)NC(=O)CC2)c1nn[nH]n1. The van der Waals surface area contributed by atoms with Gasteiger partial charge in [-0.15, -0.1) is 10.2 Å². The van der Waals surface area contributed by atoms with Crippen LogP contribution in [0.4, 0.5) is 10.1 Å². The zero-order valence-electron chi connectivity index (χ0n) is 13.1. The molecule has 1 aliphatic heterocycles. The number of halogens is 1. The Hall–Kier alpha value is -2.84. The molecule has 1 atom stereocenters. The number of rotatable bonds is 5. The molecule has 0 bridgehead atoms. The number of aryl methyl sites for hydroxylation is 1. The maximum atomic E-state index is 14.3. The summed E-state index contributed by atoms with van der Waals surface area (Å²) in [5.74, 6) is -1.03. The van der Waals surface area contributed by atoms with Crippen molar-refractivity contribution in [3.8, 4) is 0 Å². The van der Waals surface area contributed by atoms with E-state index in [9.17, 15) is 14.0 Å². The third-order valence-corrected chi connectivity index (χ3v) is 3.89. The lowest BCUT2D eigenvalue weighted by Crippen LogP contribution is -2.30. The molecule has 8 nitrogen and oxygen atoms in total. The Bertz CT molecular complexity index is 762. The number of aromatic amines is 1. The van der Waals surface area contributed by atoms with Crippen molar-refractivity contribution in [2.24, 2.45) is 0 Å². The highest BCUT2D eigenvalue weighted by atomic mass is 19.1. The molecule has 2 aromatic rings. The summed E-state index contributed by atoms with van der Waals surface area (Å²) >= 11 is 0. The zero-order chi connectivity index (χ0) is 17.1. The highest BCUT2D eigenvalue weighted by molar-refractivity contribution is 5.98. The van der Waals surface area contributed by atoms with Gasteiger partial charge in [-0.1, -0.05) is 18.6 Å². The number of benzene rings is 1. The number of nitrogens with zero attached hydrogens (tertiary/aromatic N) is 3. The second kappa shape index (κ2) is 6.73. The fraction of sp³-hybridized carbons (Fsp3) is 0.400. The van der Waals surface area contributed by atoms with Crippen LogP contribution >= 0.6 is 0 Å². The van der Waals surface area contributed by atoms with E-state index in [4.69, 9.17) is 0 Å². The number of amides is 2. The van der Waals surface area contributed by atoms with Gasteiger partial charge in [0, 0.05) is 12.1 Å². The molecule has 2 amide bonds. The van der Waals surface area contributed by atoms with E-state index < -0.39 is 17.8 Å².